The van der Waals surface area contributed by atoms with Crippen molar-refractivity contribution in [3.63, 3.8) is 0 Å². The van der Waals surface area contributed by atoms with Crippen LogP contribution in [0.15, 0.2) is 24.3 Å². The summed E-state index contributed by atoms with van der Waals surface area (Å²) in [5.41, 5.74) is 1.54. The summed E-state index contributed by atoms with van der Waals surface area (Å²) in [6.07, 6.45) is 0. The van der Waals surface area contributed by atoms with Crippen LogP contribution >= 0.6 is 0 Å². The van der Waals surface area contributed by atoms with Crippen LogP contribution in [0, 0.1) is 0 Å². The molecule has 0 fully saturated rings. The Labute approximate surface area is 140 Å². The van der Waals surface area contributed by atoms with Gasteiger partial charge >= 0.3 is 11.9 Å². The quantitative estimate of drug-likeness (QED) is 0.757. The van der Waals surface area contributed by atoms with Crippen molar-refractivity contribution >= 4 is 22.7 Å². The fourth-order valence-corrected chi connectivity index (χ4v) is 2.42. The number of hydrogen-bond donors (Lipinski definition) is 0. The Balaban J connectivity index is 2.57. The minimum Gasteiger partial charge on any atom is -0.493 e. The number of benzene rings is 2. The summed E-state index contributed by atoms with van der Waals surface area (Å²) < 4.78 is 20.9. The summed E-state index contributed by atoms with van der Waals surface area (Å²) in [5, 5.41) is 1.75. The van der Waals surface area contributed by atoms with Crippen LogP contribution in [-0.2, 0) is 32.3 Å². The van der Waals surface area contributed by atoms with Gasteiger partial charge in [0.05, 0.1) is 14.2 Å². The highest BCUT2D eigenvalue weighted by Gasteiger charge is 2.14. The smallest absolute Gasteiger partial charge is 0.302 e. The van der Waals surface area contributed by atoms with E-state index in [9.17, 15) is 9.59 Å². The second kappa shape index (κ2) is 7.68. The zero-order valence-corrected chi connectivity index (χ0v) is 14.2. The van der Waals surface area contributed by atoms with Crippen molar-refractivity contribution in [2.75, 3.05) is 14.2 Å². The van der Waals surface area contributed by atoms with Gasteiger partial charge in [0, 0.05) is 19.4 Å². The Morgan fingerprint density at radius 1 is 0.875 bits per heavy atom. The highest BCUT2D eigenvalue weighted by molar-refractivity contribution is 5.90. The first-order chi connectivity index (χ1) is 11.5. The maximum Gasteiger partial charge on any atom is 0.302 e. The van der Waals surface area contributed by atoms with Crippen molar-refractivity contribution in [1.82, 2.24) is 0 Å². The number of carbonyl (C=O) groups excluding carboxylic acids is 2. The van der Waals surface area contributed by atoms with Crippen LogP contribution in [-0.4, -0.2) is 26.2 Å². The molecule has 0 heterocycles. The lowest BCUT2D eigenvalue weighted by Crippen LogP contribution is -2.06. The molecule has 6 nitrogen and oxygen atoms in total. The van der Waals surface area contributed by atoms with E-state index in [2.05, 4.69) is 0 Å². The van der Waals surface area contributed by atoms with E-state index >= 15 is 0 Å². The van der Waals surface area contributed by atoms with Crippen molar-refractivity contribution in [2.24, 2.45) is 0 Å². The van der Waals surface area contributed by atoms with E-state index in [0.29, 0.717) is 11.5 Å². The third kappa shape index (κ3) is 3.95. The van der Waals surface area contributed by atoms with E-state index in [-0.39, 0.29) is 25.2 Å². The fraction of sp³-hybridized carbons (Fsp3) is 0.333. The molecule has 0 saturated heterocycles. The van der Waals surface area contributed by atoms with Crippen LogP contribution in [0.4, 0.5) is 0 Å². The van der Waals surface area contributed by atoms with Gasteiger partial charge in [0.15, 0.2) is 11.5 Å². The lowest BCUT2D eigenvalue weighted by atomic mass is 9.99. The van der Waals surface area contributed by atoms with Crippen LogP contribution in [0.5, 0.6) is 11.5 Å². The van der Waals surface area contributed by atoms with Gasteiger partial charge in [-0.3, -0.25) is 9.59 Å². The number of carbonyl (C=O) groups is 2. The molecule has 0 amide bonds. The first-order valence-electron chi connectivity index (χ1n) is 7.39. The molecule has 2 aromatic rings. The summed E-state index contributed by atoms with van der Waals surface area (Å²) in [7, 11) is 3.12. The molecule has 0 aromatic heterocycles. The molecule has 0 radical (unpaired) electrons. The second-order valence-electron chi connectivity index (χ2n) is 5.19. The van der Waals surface area contributed by atoms with Crippen molar-refractivity contribution < 1.29 is 28.5 Å². The van der Waals surface area contributed by atoms with Gasteiger partial charge < -0.3 is 18.9 Å². The maximum absolute atomic E-state index is 11.2. The van der Waals surface area contributed by atoms with Crippen molar-refractivity contribution in [3.05, 3.63) is 35.4 Å². The average molecular weight is 332 g/mol. The molecule has 24 heavy (non-hydrogen) atoms. The monoisotopic (exact) mass is 332 g/mol. The van der Waals surface area contributed by atoms with Gasteiger partial charge in [0.25, 0.3) is 0 Å². The molecule has 0 saturated carbocycles. The van der Waals surface area contributed by atoms with Crippen molar-refractivity contribution in [3.8, 4) is 11.5 Å². The van der Waals surface area contributed by atoms with Gasteiger partial charge in [0.1, 0.15) is 13.2 Å². The number of ether oxygens (including phenoxy) is 4. The summed E-state index contributed by atoms with van der Waals surface area (Å²) in [4.78, 5) is 22.3. The lowest BCUT2D eigenvalue weighted by Gasteiger charge is -2.15. The van der Waals surface area contributed by atoms with Crippen LogP contribution in [0.25, 0.3) is 10.8 Å². The van der Waals surface area contributed by atoms with Crippen LogP contribution in [0.3, 0.4) is 0 Å². The second-order valence-corrected chi connectivity index (χ2v) is 5.19. The average Bonchev–Trinajstić information content (AvgIpc) is 2.56. The summed E-state index contributed by atoms with van der Waals surface area (Å²) in [5.74, 6) is 0.418. The topological polar surface area (TPSA) is 71.1 Å². The summed E-state index contributed by atoms with van der Waals surface area (Å²) in [6.45, 7) is 2.89. The SMILES string of the molecule is COc1cc2ccc(COC(C)=O)c(COC(C)=O)c2cc1OC. The zero-order chi connectivity index (χ0) is 17.7. The summed E-state index contributed by atoms with van der Waals surface area (Å²) >= 11 is 0. The molecule has 0 aliphatic rings. The van der Waals surface area contributed by atoms with E-state index in [1.165, 1.54) is 13.8 Å². The van der Waals surface area contributed by atoms with E-state index in [1.54, 1.807) is 14.2 Å². The Morgan fingerprint density at radius 3 is 2.04 bits per heavy atom. The molecule has 6 heteroatoms. The van der Waals surface area contributed by atoms with E-state index in [4.69, 9.17) is 18.9 Å². The lowest BCUT2D eigenvalue weighted by molar-refractivity contribution is -0.143. The van der Waals surface area contributed by atoms with Gasteiger partial charge in [-0.2, -0.15) is 0 Å². The number of methoxy groups -OCH3 is 2. The standard InChI is InChI=1S/C18H20O6/c1-11(19)23-9-14-6-5-13-7-17(21-3)18(22-4)8-15(13)16(14)10-24-12(2)20/h5-8H,9-10H2,1-4H3. The first-order valence-corrected chi connectivity index (χ1v) is 7.39. The molecule has 2 rings (SSSR count). The Bertz CT molecular complexity index is 766. The third-order valence-electron chi connectivity index (χ3n) is 3.58. The maximum atomic E-state index is 11.2. The van der Waals surface area contributed by atoms with Gasteiger partial charge in [-0.05, 0) is 28.5 Å². The third-order valence-corrected chi connectivity index (χ3v) is 3.58. The number of fused-ring (bicyclic) bond motifs is 1. The molecule has 0 aliphatic heterocycles. The molecule has 0 unspecified atom stereocenters. The molecule has 0 atom stereocenters. The van der Waals surface area contributed by atoms with Crippen LogP contribution < -0.4 is 9.47 Å². The van der Waals surface area contributed by atoms with E-state index in [1.807, 2.05) is 24.3 Å². The molecule has 0 aliphatic carbocycles. The number of hydrogen-bond acceptors (Lipinski definition) is 6. The van der Waals surface area contributed by atoms with Crippen LogP contribution in [0.1, 0.15) is 25.0 Å². The molecular weight excluding hydrogens is 312 g/mol. The zero-order valence-electron chi connectivity index (χ0n) is 14.2. The molecular formula is C18H20O6. The minimum atomic E-state index is -0.383. The molecule has 0 spiro atoms. The van der Waals surface area contributed by atoms with Gasteiger partial charge in [0.2, 0.25) is 0 Å². The fourth-order valence-electron chi connectivity index (χ4n) is 2.42. The van der Waals surface area contributed by atoms with Crippen molar-refractivity contribution in [2.45, 2.75) is 27.1 Å². The molecule has 128 valence electrons. The predicted molar refractivity (Wildman–Crippen MR) is 88.0 cm³/mol. The molecule has 2 aromatic carbocycles. The van der Waals surface area contributed by atoms with E-state index < -0.39 is 0 Å². The predicted octanol–water partition coefficient (Wildman–Crippen LogP) is 2.98. The Morgan fingerprint density at radius 2 is 1.46 bits per heavy atom. The Kier molecular flexibility index (Phi) is 5.63. The number of esters is 2. The van der Waals surface area contributed by atoms with Gasteiger partial charge in [-0.25, -0.2) is 0 Å². The van der Waals surface area contributed by atoms with Crippen LogP contribution in [0.2, 0.25) is 0 Å². The highest BCUT2D eigenvalue weighted by atomic mass is 16.5. The Hall–Kier alpha value is -2.76. The van der Waals surface area contributed by atoms with Gasteiger partial charge in [-0.15, -0.1) is 0 Å². The highest BCUT2D eigenvalue weighted by Crippen LogP contribution is 2.35. The first kappa shape index (κ1) is 17.6. The van der Waals surface area contributed by atoms with Crippen molar-refractivity contribution in [1.29, 1.82) is 0 Å². The minimum absolute atomic E-state index is 0.0821. The van der Waals surface area contributed by atoms with E-state index in [0.717, 1.165) is 21.9 Å². The molecule has 0 bridgehead atoms. The summed E-state index contributed by atoms with van der Waals surface area (Å²) in [6, 6.07) is 7.41. The normalized spacial score (nSPS) is 10.3. The largest absolute Gasteiger partial charge is 0.493 e. The van der Waals surface area contributed by atoms with Gasteiger partial charge in [-0.1, -0.05) is 12.1 Å². The number of rotatable bonds is 6. The molecule has 0 N–H and O–H groups in total.